The Labute approximate surface area is 138 Å². The number of nitrogens with zero attached hydrogens (tertiary/aromatic N) is 4. The van der Waals surface area contributed by atoms with E-state index in [4.69, 9.17) is 5.73 Å². The summed E-state index contributed by atoms with van der Waals surface area (Å²) in [7, 11) is 1.80. The molecule has 3 aromatic rings. The summed E-state index contributed by atoms with van der Waals surface area (Å²) in [4.78, 5) is 23.6. The fourth-order valence-electron chi connectivity index (χ4n) is 2.50. The van der Waals surface area contributed by atoms with E-state index in [0.717, 1.165) is 21.9 Å². The first kappa shape index (κ1) is 15.6. The van der Waals surface area contributed by atoms with Crippen molar-refractivity contribution in [1.29, 1.82) is 0 Å². The molecule has 6 nitrogen and oxygen atoms in total. The highest BCUT2D eigenvalue weighted by molar-refractivity contribution is 7.15. The third-order valence-electron chi connectivity index (χ3n) is 3.88. The number of nitrogens with two attached hydrogens (primary N) is 1. The van der Waals surface area contributed by atoms with Crippen LogP contribution in [-0.4, -0.2) is 32.2 Å². The Morgan fingerprint density at radius 2 is 2.35 bits per heavy atom. The second-order valence-electron chi connectivity index (χ2n) is 5.55. The van der Waals surface area contributed by atoms with Gasteiger partial charge in [-0.2, -0.15) is 0 Å². The first-order chi connectivity index (χ1) is 11.1. The Hall–Kier alpha value is -2.25. The van der Waals surface area contributed by atoms with E-state index < -0.39 is 0 Å². The minimum absolute atomic E-state index is 0.00549. The average Bonchev–Trinajstić information content (AvgIpc) is 3.10. The maximum atomic E-state index is 12.4. The van der Waals surface area contributed by atoms with E-state index in [1.165, 1.54) is 0 Å². The molecule has 0 fully saturated rings. The fraction of sp³-hybridized carbons (Fsp3) is 0.312. The van der Waals surface area contributed by atoms with Gasteiger partial charge in [-0.1, -0.05) is 6.07 Å². The number of carbonyl (C=O) groups is 1. The molecule has 3 aromatic heterocycles. The van der Waals surface area contributed by atoms with Crippen LogP contribution in [0.4, 0.5) is 0 Å². The molecule has 7 heteroatoms. The zero-order valence-corrected chi connectivity index (χ0v) is 14.0. The SMILES string of the molecule is Cc1nc2sccn2c1CN(C)C(=O)C[C@@H](N)c1cccnc1. The molecule has 3 heterocycles. The quantitative estimate of drug-likeness (QED) is 0.778. The van der Waals surface area contributed by atoms with Crippen LogP contribution in [0.5, 0.6) is 0 Å². The first-order valence-electron chi connectivity index (χ1n) is 7.36. The standard InChI is InChI=1S/C16H19N5OS/c1-11-14(21-6-7-23-16(21)19-11)10-20(2)15(22)8-13(17)12-4-3-5-18-9-12/h3-7,9,13H,8,10,17H2,1-2H3/t13-/m1/s1. The molecule has 0 radical (unpaired) electrons. The minimum Gasteiger partial charge on any atom is -0.340 e. The van der Waals surface area contributed by atoms with E-state index in [1.54, 1.807) is 35.7 Å². The molecule has 0 aromatic carbocycles. The third-order valence-corrected chi connectivity index (χ3v) is 4.64. The Kier molecular flexibility index (Phi) is 4.40. The first-order valence-corrected chi connectivity index (χ1v) is 8.24. The van der Waals surface area contributed by atoms with Crippen molar-refractivity contribution in [1.82, 2.24) is 19.3 Å². The molecule has 0 aliphatic heterocycles. The van der Waals surface area contributed by atoms with Crippen molar-refractivity contribution >= 4 is 22.2 Å². The Bertz CT molecular complexity index is 810. The highest BCUT2D eigenvalue weighted by atomic mass is 32.1. The molecule has 0 spiro atoms. The summed E-state index contributed by atoms with van der Waals surface area (Å²) < 4.78 is 2.03. The number of imidazole rings is 1. The van der Waals surface area contributed by atoms with Crippen LogP contribution in [0.25, 0.3) is 4.96 Å². The van der Waals surface area contributed by atoms with E-state index >= 15 is 0 Å². The summed E-state index contributed by atoms with van der Waals surface area (Å²) in [5.74, 6) is 0.00549. The second kappa shape index (κ2) is 6.47. The lowest BCUT2D eigenvalue weighted by Gasteiger charge is -2.19. The van der Waals surface area contributed by atoms with Gasteiger partial charge in [0.05, 0.1) is 17.9 Å². The molecule has 23 heavy (non-hydrogen) atoms. The molecular formula is C16H19N5OS. The van der Waals surface area contributed by atoms with Crippen molar-refractivity contribution in [3.05, 3.63) is 53.1 Å². The van der Waals surface area contributed by atoms with Gasteiger partial charge in [0, 0.05) is 43.5 Å². The molecule has 120 valence electrons. The molecule has 2 N–H and O–H groups in total. The molecule has 1 amide bonds. The van der Waals surface area contributed by atoms with E-state index in [-0.39, 0.29) is 18.4 Å². The van der Waals surface area contributed by atoms with Crippen molar-refractivity contribution < 1.29 is 4.79 Å². The predicted octanol–water partition coefficient (Wildman–Crippen LogP) is 2.15. The highest BCUT2D eigenvalue weighted by Crippen LogP contribution is 2.19. The van der Waals surface area contributed by atoms with Crippen LogP contribution in [0.3, 0.4) is 0 Å². The number of fused-ring (bicyclic) bond motifs is 1. The predicted molar refractivity (Wildman–Crippen MR) is 90.1 cm³/mol. The van der Waals surface area contributed by atoms with Crippen LogP contribution in [0, 0.1) is 6.92 Å². The Morgan fingerprint density at radius 3 is 3.09 bits per heavy atom. The summed E-state index contributed by atoms with van der Waals surface area (Å²) in [5, 5.41) is 1.99. The lowest BCUT2D eigenvalue weighted by Crippen LogP contribution is -2.30. The van der Waals surface area contributed by atoms with Gasteiger partial charge in [0.2, 0.25) is 5.91 Å². The molecule has 0 saturated heterocycles. The zero-order valence-electron chi connectivity index (χ0n) is 13.1. The van der Waals surface area contributed by atoms with Gasteiger partial charge in [0.1, 0.15) is 0 Å². The van der Waals surface area contributed by atoms with E-state index in [0.29, 0.717) is 6.54 Å². The molecule has 0 aliphatic rings. The van der Waals surface area contributed by atoms with Crippen LogP contribution in [-0.2, 0) is 11.3 Å². The van der Waals surface area contributed by atoms with E-state index in [1.807, 2.05) is 35.0 Å². The summed E-state index contributed by atoms with van der Waals surface area (Å²) in [6.07, 6.45) is 5.63. The summed E-state index contributed by atoms with van der Waals surface area (Å²) in [6, 6.07) is 3.37. The van der Waals surface area contributed by atoms with Crippen molar-refractivity contribution in [3.8, 4) is 0 Å². The average molecular weight is 329 g/mol. The molecule has 0 aliphatic carbocycles. The van der Waals surface area contributed by atoms with Crippen LogP contribution in [0.2, 0.25) is 0 Å². The maximum Gasteiger partial charge on any atom is 0.224 e. The van der Waals surface area contributed by atoms with Gasteiger partial charge in [0.15, 0.2) is 4.96 Å². The molecule has 0 bridgehead atoms. The number of rotatable bonds is 5. The van der Waals surface area contributed by atoms with Gasteiger partial charge in [0.25, 0.3) is 0 Å². The van der Waals surface area contributed by atoms with Crippen LogP contribution < -0.4 is 5.73 Å². The van der Waals surface area contributed by atoms with Crippen molar-refractivity contribution in [2.24, 2.45) is 5.73 Å². The fourth-order valence-corrected chi connectivity index (χ4v) is 3.28. The van der Waals surface area contributed by atoms with Gasteiger partial charge in [-0.3, -0.25) is 14.2 Å². The van der Waals surface area contributed by atoms with Crippen molar-refractivity contribution in [2.45, 2.75) is 25.9 Å². The smallest absolute Gasteiger partial charge is 0.224 e. The topological polar surface area (TPSA) is 76.5 Å². The number of hydrogen-bond donors (Lipinski definition) is 1. The van der Waals surface area contributed by atoms with Gasteiger partial charge < -0.3 is 10.6 Å². The van der Waals surface area contributed by atoms with Gasteiger partial charge >= 0.3 is 0 Å². The lowest BCUT2D eigenvalue weighted by atomic mass is 10.1. The molecular weight excluding hydrogens is 310 g/mol. The largest absolute Gasteiger partial charge is 0.340 e. The van der Waals surface area contributed by atoms with Crippen LogP contribution >= 0.6 is 11.3 Å². The summed E-state index contributed by atoms with van der Waals surface area (Å²) in [5.41, 5.74) is 8.96. The van der Waals surface area contributed by atoms with Gasteiger partial charge in [-0.15, -0.1) is 11.3 Å². The Balaban J connectivity index is 1.68. The summed E-state index contributed by atoms with van der Waals surface area (Å²) in [6.45, 7) is 2.48. The third kappa shape index (κ3) is 3.25. The summed E-state index contributed by atoms with van der Waals surface area (Å²) >= 11 is 1.59. The number of hydrogen-bond acceptors (Lipinski definition) is 5. The monoisotopic (exact) mass is 329 g/mol. The minimum atomic E-state index is -0.341. The van der Waals surface area contributed by atoms with Crippen LogP contribution in [0.15, 0.2) is 36.1 Å². The number of aromatic nitrogens is 3. The maximum absolute atomic E-state index is 12.4. The number of pyridine rings is 1. The second-order valence-corrected chi connectivity index (χ2v) is 6.42. The van der Waals surface area contributed by atoms with Crippen LogP contribution in [0.1, 0.15) is 29.4 Å². The zero-order chi connectivity index (χ0) is 16.4. The highest BCUT2D eigenvalue weighted by Gasteiger charge is 2.18. The van der Waals surface area contributed by atoms with Gasteiger partial charge in [-0.25, -0.2) is 4.98 Å². The number of amides is 1. The Morgan fingerprint density at radius 1 is 1.52 bits per heavy atom. The number of thiazole rings is 1. The molecule has 0 unspecified atom stereocenters. The molecule has 3 rings (SSSR count). The van der Waals surface area contributed by atoms with Crippen molar-refractivity contribution in [2.75, 3.05) is 7.05 Å². The lowest BCUT2D eigenvalue weighted by molar-refractivity contribution is -0.130. The number of carbonyl (C=O) groups excluding carboxylic acids is 1. The number of aryl methyl sites for hydroxylation is 1. The van der Waals surface area contributed by atoms with Gasteiger partial charge in [-0.05, 0) is 18.6 Å². The van der Waals surface area contributed by atoms with E-state index in [9.17, 15) is 4.79 Å². The van der Waals surface area contributed by atoms with Crippen molar-refractivity contribution in [3.63, 3.8) is 0 Å². The normalized spacial score (nSPS) is 12.5. The molecule has 1 atom stereocenters. The van der Waals surface area contributed by atoms with E-state index in [2.05, 4.69) is 9.97 Å². The molecule has 0 saturated carbocycles.